The van der Waals surface area contributed by atoms with Gasteiger partial charge >= 0.3 is 0 Å². The first-order chi connectivity index (χ1) is 11.6. The lowest BCUT2D eigenvalue weighted by Gasteiger charge is -2.26. The standard InChI is InChI=1S/C17H15ClN2O3S/c1-10-2-5-12(6-3-10)19-17(21)15-9-16(24-20-22)13-8-11(18)4-7-14(13)23-15/h2-8,15,22H,9H2,1H3,(H,19,21). The third kappa shape index (κ3) is 3.67. The van der Waals surface area contributed by atoms with Gasteiger partial charge in [-0.15, -0.1) is 0 Å². The summed E-state index contributed by atoms with van der Waals surface area (Å²) in [7, 11) is 0. The lowest BCUT2D eigenvalue weighted by molar-refractivity contribution is -0.122. The number of hydrogen-bond acceptors (Lipinski definition) is 3. The molecule has 0 radical (unpaired) electrons. The minimum absolute atomic E-state index is 0.254. The zero-order valence-corrected chi connectivity index (χ0v) is 14.4. The van der Waals surface area contributed by atoms with Crippen molar-refractivity contribution < 1.29 is 14.7 Å². The Kier molecular flexibility index (Phi) is 4.99. The van der Waals surface area contributed by atoms with Crippen molar-refractivity contribution in [3.63, 3.8) is 0 Å². The van der Waals surface area contributed by atoms with Crippen LogP contribution in [0.15, 0.2) is 47.0 Å². The van der Waals surface area contributed by atoms with Gasteiger partial charge in [0.2, 0.25) is 0 Å². The molecule has 0 bridgehead atoms. The summed E-state index contributed by atoms with van der Waals surface area (Å²) >= 11 is 6.92. The number of nitrogens with one attached hydrogen (secondary N) is 1. The Labute approximate surface area is 147 Å². The van der Waals surface area contributed by atoms with E-state index in [1.54, 1.807) is 18.2 Å². The number of rotatable bonds is 2. The predicted molar refractivity (Wildman–Crippen MR) is 96.0 cm³/mol. The summed E-state index contributed by atoms with van der Waals surface area (Å²) in [6.07, 6.45) is -0.399. The van der Waals surface area contributed by atoms with Gasteiger partial charge in [-0.2, -0.15) is 0 Å². The maximum atomic E-state index is 12.5. The van der Waals surface area contributed by atoms with Crippen LogP contribution in [0.25, 0.3) is 0 Å². The van der Waals surface area contributed by atoms with Crippen LogP contribution in [0.4, 0.5) is 5.69 Å². The number of anilines is 1. The Morgan fingerprint density at radius 1 is 1.33 bits per heavy atom. The second kappa shape index (κ2) is 7.17. The van der Waals surface area contributed by atoms with E-state index in [9.17, 15) is 4.79 Å². The van der Waals surface area contributed by atoms with Crippen LogP contribution in [-0.2, 0) is 15.9 Å². The molecule has 0 aliphatic carbocycles. The third-order valence-corrected chi connectivity index (χ3v) is 4.57. The Morgan fingerprint density at radius 2 is 2.08 bits per heavy atom. The fourth-order valence-electron chi connectivity index (χ4n) is 2.44. The maximum absolute atomic E-state index is 12.5. The molecule has 24 heavy (non-hydrogen) atoms. The van der Waals surface area contributed by atoms with Crippen LogP contribution in [0.2, 0.25) is 5.02 Å². The number of ether oxygens (including phenoxy) is 1. The van der Waals surface area contributed by atoms with E-state index in [4.69, 9.17) is 21.5 Å². The van der Waals surface area contributed by atoms with Crippen molar-refractivity contribution in [2.45, 2.75) is 19.4 Å². The van der Waals surface area contributed by atoms with Gasteiger partial charge in [0, 0.05) is 27.6 Å². The number of amides is 1. The van der Waals surface area contributed by atoms with Crippen molar-refractivity contribution in [1.29, 1.82) is 0 Å². The number of fused-ring (bicyclic) bond motifs is 1. The topological polar surface area (TPSA) is 70.9 Å². The van der Waals surface area contributed by atoms with Crippen LogP contribution in [0.1, 0.15) is 17.5 Å². The van der Waals surface area contributed by atoms with Crippen molar-refractivity contribution in [2.75, 3.05) is 5.32 Å². The summed E-state index contributed by atoms with van der Waals surface area (Å²) < 4.78 is 8.92. The summed E-state index contributed by atoms with van der Waals surface area (Å²) in [6, 6.07) is 12.7. The maximum Gasteiger partial charge on any atom is 0.265 e. The smallest absolute Gasteiger partial charge is 0.265 e. The van der Waals surface area contributed by atoms with Crippen molar-refractivity contribution in [2.24, 2.45) is 4.53 Å². The molecule has 7 heteroatoms. The van der Waals surface area contributed by atoms with E-state index in [0.717, 1.165) is 27.1 Å². The van der Waals surface area contributed by atoms with Gasteiger partial charge in [-0.3, -0.25) is 10.0 Å². The van der Waals surface area contributed by atoms with Gasteiger partial charge in [0.25, 0.3) is 5.91 Å². The number of aryl methyl sites for hydroxylation is 1. The van der Waals surface area contributed by atoms with Crippen molar-refractivity contribution >= 4 is 39.2 Å². The van der Waals surface area contributed by atoms with Gasteiger partial charge in [0.1, 0.15) is 5.75 Å². The Balaban J connectivity index is 1.85. The van der Waals surface area contributed by atoms with Crippen LogP contribution in [0, 0.1) is 6.92 Å². The number of nitrogens with zero attached hydrogens (tertiary/aromatic N) is 1. The van der Waals surface area contributed by atoms with Crippen LogP contribution in [0.5, 0.6) is 5.75 Å². The lowest BCUT2D eigenvalue weighted by atomic mass is 10.0. The van der Waals surface area contributed by atoms with Crippen LogP contribution < -0.4 is 10.1 Å². The quantitative estimate of drug-likeness (QED) is 0.633. The second-order valence-corrected chi connectivity index (χ2v) is 6.68. The molecule has 1 aliphatic heterocycles. The average molecular weight is 363 g/mol. The van der Waals surface area contributed by atoms with E-state index < -0.39 is 6.10 Å². The number of carbonyl (C=O) groups excluding carboxylic acids is 1. The molecule has 1 heterocycles. The van der Waals surface area contributed by atoms with E-state index >= 15 is 0 Å². The lowest BCUT2D eigenvalue weighted by Crippen LogP contribution is -2.38. The second-order valence-electron chi connectivity index (χ2n) is 5.40. The summed E-state index contributed by atoms with van der Waals surface area (Å²) in [6.45, 7) is 1.98. The SMILES string of the molecule is Cc1ccc(NC(=O)C2CC(=S=NO)c3cc(Cl)ccc3O2)cc1. The fourth-order valence-corrected chi connectivity index (χ4v) is 3.19. The number of carbonyl (C=O) groups is 1. The highest BCUT2D eigenvalue weighted by atomic mass is 35.5. The highest BCUT2D eigenvalue weighted by Crippen LogP contribution is 2.30. The molecular weight excluding hydrogens is 348 g/mol. The summed E-state index contributed by atoms with van der Waals surface area (Å²) in [5.41, 5.74) is 2.56. The molecular formula is C17H15ClN2O3S. The number of benzene rings is 2. The highest BCUT2D eigenvalue weighted by Gasteiger charge is 2.30. The zero-order chi connectivity index (χ0) is 17.1. The van der Waals surface area contributed by atoms with E-state index in [1.165, 1.54) is 0 Å². The molecule has 2 aromatic rings. The third-order valence-electron chi connectivity index (χ3n) is 3.64. The van der Waals surface area contributed by atoms with E-state index in [2.05, 4.69) is 9.84 Å². The van der Waals surface area contributed by atoms with Gasteiger partial charge in [-0.25, -0.2) is 0 Å². The molecule has 0 fully saturated rings. The van der Waals surface area contributed by atoms with E-state index in [1.807, 2.05) is 31.2 Å². The Morgan fingerprint density at radius 3 is 2.79 bits per heavy atom. The monoisotopic (exact) mass is 362 g/mol. The normalized spacial score (nSPS) is 16.0. The first-order valence-corrected chi connectivity index (χ1v) is 8.43. The van der Waals surface area contributed by atoms with E-state index in [0.29, 0.717) is 22.9 Å². The molecule has 5 nitrogen and oxygen atoms in total. The Hall–Kier alpha value is -2.15. The predicted octanol–water partition coefficient (Wildman–Crippen LogP) is 3.61. The molecule has 2 N–H and O–H groups in total. The number of hydrogen-bond donors (Lipinski definition) is 2. The van der Waals surface area contributed by atoms with Crippen molar-refractivity contribution in [1.82, 2.24) is 0 Å². The fraction of sp³-hybridized carbons (Fsp3) is 0.176. The minimum atomic E-state index is -0.704. The summed E-state index contributed by atoms with van der Waals surface area (Å²) in [5.74, 6) is 0.288. The zero-order valence-electron chi connectivity index (χ0n) is 12.8. The average Bonchev–Trinajstić information content (AvgIpc) is 2.57. The van der Waals surface area contributed by atoms with Gasteiger partial charge in [-0.05, 0) is 48.4 Å². The van der Waals surface area contributed by atoms with E-state index in [-0.39, 0.29) is 5.91 Å². The Bertz CT molecular complexity index is 845. The molecule has 0 saturated heterocycles. The summed E-state index contributed by atoms with van der Waals surface area (Å²) in [4.78, 5) is 13.2. The van der Waals surface area contributed by atoms with Crippen LogP contribution >= 0.6 is 11.6 Å². The molecule has 1 unspecified atom stereocenters. The molecule has 1 amide bonds. The van der Waals surface area contributed by atoms with Gasteiger partial charge in [0.15, 0.2) is 6.10 Å². The molecule has 3 rings (SSSR count). The van der Waals surface area contributed by atoms with Crippen molar-refractivity contribution in [3.05, 3.63) is 58.6 Å². The largest absolute Gasteiger partial charge is 0.480 e. The van der Waals surface area contributed by atoms with Gasteiger partial charge in [-0.1, -0.05) is 33.8 Å². The van der Waals surface area contributed by atoms with Crippen molar-refractivity contribution in [3.8, 4) is 5.75 Å². The number of halogens is 1. The summed E-state index contributed by atoms with van der Waals surface area (Å²) in [5, 5.41) is 12.3. The van der Waals surface area contributed by atoms with Crippen LogP contribution in [0.3, 0.4) is 0 Å². The van der Waals surface area contributed by atoms with Gasteiger partial charge in [0.05, 0.1) is 0 Å². The molecule has 124 valence electrons. The first kappa shape index (κ1) is 16.7. The first-order valence-electron chi connectivity index (χ1n) is 7.28. The highest BCUT2D eigenvalue weighted by molar-refractivity contribution is 7.69. The van der Waals surface area contributed by atoms with Gasteiger partial charge < -0.3 is 10.1 Å². The molecule has 0 saturated carbocycles. The minimum Gasteiger partial charge on any atom is -0.480 e. The molecule has 2 aromatic carbocycles. The molecule has 0 spiro atoms. The molecule has 1 atom stereocenters. The molecule has 1 aliphatic rings. The molecule has 0 aromatic heterocycles. The van der Waals surface area contributed by atoms with Crippen LogP contribution in [-0.4, -0.2) is 22.1 Å².